The fraction of sp³-hybridized carbons (Fsp3) is 0.300. The summed E-state index contributed by atoms with van der Waals surface area (Å²) in [6, 6.07) is 2.45. The summed E-state index contributed by atoms with van der Waals surface area (Å²) in [4.78, 5) is 11.0. The number of aryl methyl sites for hydroxylation is 1. The first-order chi connectivity index (χ1) is 6.56. The highest BCUT2D eigenvalue weighted by atomic mass is 19.1. The van der Waals surface area contributed by atoms with Crippen molar-refractivity contribution in [1.29, 1.82) is 0 Å². The summed E-state index contributed by atoms with van der Waals surface area (Å²) in [6.07, 6.45) is 0.187. The predicted molar refractivity (Wildman–Crippen MR) is 50.0 cm³/mol. The van der Waals surface area contributed by atoms with E-state index in [4.69, 9.17) is 0 Å². The second-order valence-electron chi connectivity index (χ2n) is 2.95. The Labute approximate surface area is 80.9 Å². The lowest BCUT2D eigenvalue weighted by atomic mass is 10.2. The number of carbonyl (C=O) groups is 1. The van der Waals surface area contributed by atoms with Gasteiger partial charge < -0.3 is 5.32 Å². The molecule has 14 heavy (non-hydrogen) atoms. The fourth-order valence-corrected chi connectivity index (χ4v) is 0.999. The van der Waals surface area contributed by atoms with Gasteiger partial charge in [-0.15, -0.1) is 0 Å². The Morgan fingerprint density at radius 3 is 2.64 bits per heavy atom. The molecule has 0 aliphatic rings. The van der Waals surface area contributed by atoms with E-state index in [-0.39, 0.29) is 12.1 Å². The largest absolute Gasteiger partial charge is 0.321 e. The summed E-state index contributed by atoms with van der Waals surface area (Å²) in [7, 11) is 0. The molecule has 0 saturated heterocycles. The molecule has 1 N–H and O–H groups in total. The third kappa shape index (κ3) is 2.07. The average Bonchev–Trinajstić information content (AvgIpc) is 2.18. The monoisotopic (exact) mass is 199 g/mol. The van der Waals surface area contributed by atoms with E-state index < -0.39 is 17.5 Å². The topological polar surface area (TPSA) is 29.1 Å². The molecule has 0 aliphatic carbocycles. The van der Waals surface area contributed by atoms with Crippen molar-refractivity contribution in [2.75, 3.05) is 5.32 Å². The lowest BCUT2D eigenvalue weighted by Gasteiger charge is -2.07. The van der Waals surface area contributed by atoms with Crippen LogP contribution in [-0.4, -0.2) is 5.91 Å². The van der Waals surface area contributed by atoms with Crippen LogP contribution in [0.5, 0.6) is 0 Å². The van der Waals surface area contributed by atoms with Crippen LogP contribution in [0.25, 0.3) is 0 Å². The van der Waals surface area contributed by atoms with E-state index >= 15 is 0 Å². The van der Waals surface area contributed by atoms with Gasteiger partial charge in [-0.05, 0) is 18.6 Å². The molecule has 0 unspecified atom stereocenters. The molecule has 0 fully saturated rings. The summed E-state index contributed by atoms with van der Waals surface area (Å²) < 4.78 is 26.4. The minimum atomic E-state index is -0.755. The van der Waals surface area contributed by atoms with Crippen LogP contribution in [0.2, 0.25) is 0 Å². The second kappa shape index (κ2) is 4.17. The maximum absolute atomic E-state index is 13.3. The molecule has 0 aromatic heterocycles. The van der Waals surface area contributed by atoms with E-state index in [1.165, 1.54) is 13.0 Å². The summed E-state index contributed by atoms with van der Waals surface area (Å²) in [5.41, 5.74) is -0.0605. The van der Waals surface area contributed by atoms with Gasteiger partial charge in [0.1, 0.15) is 11.5 Å². The number of halogens is 2. The van der Waals surface area contributed by atoms with Gasteiger partial charge in [0.25, 0.3) is 0 Å². The number of amides is 1. The SMILES string of the molecule is CCC(=O)Nc1c(F)ccc(C)c1F. The van der Waals surface area contributed by atoms with Gasteiger partial charge in [0.05, 0.1) is 0 Å². The molecule has 1 amide bonds. The van der Waals surface area contributed by atoms with E-state index in [0.717, 1.165) is 6.07 Å². The minimum Gasteiger partial charge on any atom is -0.321 e. The lowest BCUT2D eigenvalue weighted by molar-refractivity contribution is -0.115. The molecule has 2 nitrogen and oxygen atoms in total. The summed E-state index contributed by atoms with van der Waals surface area (Å²) >= 11 is 0. The van der Waals surface area contributed by atoms with Crippen LogP contribution in [0.4, 0.5) is 14.5 Å². The Bertz CT molecular complexity index is 363. The average molecular weight is 199 g/mol. The third-order valence-corrected chi connectivity index (χ3v) is 1.87. The Balaban J connectivity index is 3.06. The third-order valence-electron chi connectivity index (χ3n) is 1.87. The number of rotatable bonds is 2. The van der Waals surface area contributed by atoms with Gasteiger partial charge >= 0.3 is 0 Å². The maximum atomic E-state index is 13.3. The second-order valence-corrected chi connectivity index (χ2v) is 2.95. The van der Waals surface area contributed by atoms with Crippen molar-refractivity contribution in [3.05, 3.63) is 29.3 Å². The molecule has 1 aromatic rings. The molecule has 76 valence electrons. The van der Waals surface area contributed by atoms with Crippen molar-refractivity contribution in [2.24, 2.45) is 0 Å². The highest BCUT2D eigenvalue weighted by Crippen LogP contribution is 2.21. The van der Waals surface area contributed by atoms with Gasteiger partial charge in [-0.2, -0.15) is 0 Å². The van der Waals surface area contributed by atoms with Crippen LogP contribution in [0, 0.1) is 18.6 Å². The zero-order chi connectivity index (χ0) is 10.7. The van der Waals surface area contributed by atoms with E-state index in [1.54, 1.807) is 6.92 Å². The van der Waals surface area contributed by atoms with Gasteiger partial charge in [0, 0.05) is 6.42 Å². The molecule has 1 rings (SSSR count). The number of hydrogen-bond donors (Lipinski definition) is 1. The standard InChI is InChI=1S/C10H11F2NO/c1-3-8(14)13-10-7(11)5-4-6(2)9(10)12/h4-5H,3H2,1-2H3,(H,13,14). The lowest BCUT2D eigenvalue weighted by Crippen LogP contribution is -2.12. The van der Waals surface area contributed by atoms with Crippen molar-refractivity contribution in [3.63, 3.8) is 0 Å². The van der Waals surface area contributed by atoms with Gasteiger partial charge in [-0.3, -0.25) is 4.79 Å². The minimum absolute atomic E-state index is 0.187. The first kappa shape index (κ1) is 10.6. The fourth-order valence-electron chi connectivity index (χ4n) is 0.999. The van der Waals surface area contributed by atoms with Crippen molar-refractivity contribution >= 4 is 11.6 Å². The molecule has 0 bridgehead atoms. The van der Waals surface area contributed by atoms with Gasteiger partial charge in [0.2, 0.25) is 5.91 Å². The van der Waals surface area contributed by atoms with Crippen LogP contribution >= 0.6 is 0 Å². The predicted octanol–water partition coefficient (Wildman–Crippen LogP) is 2.62. The number of anilines is 1. The molecule has 0 aliphatic heterocycles. The number of carbonyl (C=O) groups excluding carboxylic acids is 1. The summed E-state index contributed by atoms with van der Waals surface area (Å²) in [5.74, 6) is -1.88. The van der Waals surface area contributed by atoms with Gasteiger partial charge in [0.15, 0.2) is 5.82 Å². The van der Waals surface area contributed by atoms with Crippen molar-refractivity contribution in [1.82, 2.24) is 0 Å². The van der Waals surface area contributed by atoms with E-state index in [0.29, 0.717) is 5.56 Å². The quantitative estimate of drug-likeness (QED) is 0.779. The number of nitrogens with one attached hydrogen (secondary N) is 1. The van der Waals surface area contributed by atoms with Gasteiger partial charge in [-0.1, -0.05) is 13.0 Å². The van der Waals surface area contributed by atoms with Crippen molar-refractivity contribution in [2.45, 2.75) is 20.3 Å². The molecule has 0 saturated carbocycles. The van der Waals surface area contributed by atoms with Crippen LogP contribution in [0.15, 0.2) is 12.1 Å². The first-order valence-electron chi connectivity index (χ1n) is 4.30. The molecular formula is C10H11F2NO. The Kier molecular flexibility index (Phi) is 3.17. The highest BCUT2D eigenvalue weighted by molar-refractivity contribution is 5.90. The van der Waals surface area contributed by atoms with Crippen molar-refractivity contribution < 1.29 is 13.6 Å². The molecule has 0 radical (unpaired) electrons. The Morgan fingerprint density at radius 1 is 1.43 bits per heavy atom. The van der Waals surface area contributed by atoms with E-state index in [2.05, 4.69) is 5.32 Å². The van der Waals surface area contributed by atoms with Crippen molar-refractivity contribution in [3.8, 4) is 0 Å². The van der Waals surface area contributed by atoms with Gasteiger partial charge in [-0.25, -0.2) is 8.78 Å². The first-order valence-corrected chi connectivity index (χ1v) is 4.30. The van der Waals surface area contributed by atoms with Crippen LogP contribution < -0.4 is 5.32 Å². The molecule has 4 heteroatoms. The van der Waals surface area contributed by atoms with Crippen LogP contribution in [0.3, 0.4) is 0 Å². The van der Waals surface area contributed by atoms with E-state index in [1.807, 2.05) is 0 Å². The summed E-state index contributed by atoms with van der Waals surface area (Å²) in [6.45, 7) is 3.12. The highest BCUT2D eigenvalue weighted by Gasteiger charge is 2.12. The molecule has 0 spiro atoms. The number of benzene rings is 1. The van der Waals surface area contributed by atoms with E-state index in [9.17, 15) is 13.6 Å². The van der Waals surface area contributed by atoms with Crippen LogP contribution in [0.1, 0.15) is 18.9 Å². The molecule has 0 atom stereocenters. The molecule has 0 heterocycles. The summed E-state index contributed by atoms with van der Waals surface area (Å²) in [5, 5.41) is 2.18. The zero-order valence-corrected chi connectivity index (χ0v) is 8.03. The smallest absolute Gasteiger partial charge is 0.224 e. The zero-order valence-electron chi connectivity index (χ0n) is 8.03. The Morgan fingerprint density at radius 2 is 2.07 bits per heavy atom. The van der Waals surface area contributed by atoms with Crippen LogP contribution in [-0.2, 0) is 4.79 Å². The number of hydrogen-bond acceptors (Lipinski definition) is 1. The Hall–Kier alpha value is -1.45. The normalized spacial score (nSPS) is 10.0. The molecular weight excluding hydrogens is 188 g/mol. The molecule has 1 aromatic carbocycles. The maximum Gasteiger partial charge on any atom is 0.224 e.